The maximum atomic E-state index is 12.6. The number of rotatable bonds is 3. The number of piperidine rings is 1. The lowest BCUT2D eigenvalue weighted by atomic mass is 9.91. The molecule has 1 unspecified atom stereocenters. The van der Waals surface area contributed by atoms with Crippen molar-refractivity contribution < 1.29 is 29.3 Å². The number of ether oxygens (including phenoxy) is 1. The van der Waals surface area contributed by atoms with Crippen LogP contribution in [0.25, 0.3) is 0 Å². The van der Waals surface area contributed by atoms with Gasteiger partial charge in [-0.3, -0.25) is 14.5 Å². The van der Waals surface area contributed by atoms with E-state index in [1.807, 2.05) is 0 Å². The van der Waals surface area contributed by atoms with Crippen molar-refractivity contribution in [1.29, 1.82) is 0 Å². The van der Waals surface area contributed by atoms with Gasteiger partial charge in [-0.05, 0) is 19.1 Å². The molecular weight excluding hydrogens is 328 g/mol. The van der Waals surface area contributed by atoms with Crippen molar-refractivity contribution in [2.24, 2.45) is 0 Å². The van der Waals surface area contributed by atoms with E-state index in [-0.39, 0.29) is 44.3 Å². The number of likely N-dealkylation sites (tertiary alicyclic amines) is 1. The van der Waals surface area contributed by atoms with E-state index in [9.17, 15) is 19.5 Å². The SMILES string of the molecule is CC1Oc2ccccc2N(CC(=O)N2CCC(O)(C(=O)O)CC2)C1=O. The van der Waals surface area contributed by atoms with Crippen LogP contribution in [-0.2, 0) is 14.4 Å². The van der Waals surface area contributed by atoms with Crippen LogP contribution in [0.5, 0.6) is 5.75 Å². The number of amides is 2. The number of benzene rings is 1. The summed E-state index contributed by atoms with van der Waals surface area (Å²) in [7, 11) is 0. The summed E-state index contributed by atoms with van der Waals surface area (Å²) in [6, 6.07) is 7.00. The first-order valence-corrected chi connectivity index (χ1v) is 8.12. The molecule has 0 bridgehead atoms. The minimum absolute atomic E-state index is 0.0296. The number of carboxylic acids is 1. The third-order valence-electron chi connectivity index (χ3n) is 4.71. The second-order valence-corrected chi connectivity index (χ2v) is 6.37. The molecule has 8 heteroatoms. The largest absolute Gasteiger partial charge is 0.479 e. The lowest BCUT2D eigenvalue weighted by Crippen LogP contribution is -2.54. The average molecular weight is 348 g/mol. The number of fused-ring (bicyclic) bond motifs is 1. The maximum absolute atomic E-state index is 12.6. The van der Waals surface area contributed by atoms with Gasteiger partial charge in [0.1, 0.15) is 12.3 Å². The van der Waals surface area contributed by atoms with Crippen LogP contribution in [-0.4, -0.2) is 64.2 Å². The Morgan fingerprint density at radius 2 is 1.92 bits per heavy atom. The van der Waals surface area contributed by atoms with Gasteiger partial charge >= 0.3 is 5.97 Å². The quantitative estimate of drug-likeness (QED) is 0.810. The molecule has 134 valence electrons. The molecule has 1 saturated heterocycles. The van der Waals surface area contributed by atoms with Crippen molar-refractivity contribution in [3.8, 4) is 5.75 Å². The Kier molecular flexibility index (Phi) is 4.38. The van der Waals surface area contributed by atoms with Gasteiger partial charge in [0.15, 0.2) is 11.7 Å². The highest BCUT2D eigenvalue weighted by Gasteiger charge is 2.41. The molecule has 2 N–H and O–H groups in total. The fourth-order valence-electron chi connectivity index (χ4n) is 3.10. The molecular formula is C17H20N2O6. The van der Waals surface area contributed by atoms with Crippen LogP contribution in [0, 0.1) is 0 Å². The second-order valence-electron chi connectivity index (χ2n) is 6.37. The highest BCUT2D eigenvalue weighted by molar-refractivity contribution is 6.03. The molecule has 3 rings (SSSR count). The Morgan fingerprint density at radius 1 is 1.28 bits per heavy atom. The highest BCUT2D eigenvalue weighted by atomic mass is 16.5. The van der Waals surface area contributed by atoms with E-state index in [2.05, 4.69) is 0 Å². The number of hydrogen-bond acceptors (Lipinski definition) is 5. The summed E-state index contributed by atoms with van der Waals surface area (Å²) in [5.74, 6) is -1.32. The number of aliphatic carboxylic acids is 1. The first-order valence-electron chi connectivity index (χ1n) is 8.12. The number of carboxylic acid groups (broad SMARTS) is 1. The predicted octanol–water partition coefficient (Wildman–Crippen LogP) is 0.239. The normalized spacial score (nSPS) is 22.2. The van der Waals surface area contributed by atoms with E-state index in [1.165, 1.54) is 9.80 Å². The molecule has 0 radical (unpaired) electrons. The highest BCUT2D eigenvalue weighted by Crippen LogP contribution is 2.33. The number of carbonyl (C=O) groups excluding carboxylic acids is 2. The smallest absolute Gasteiger partial charge is 0.335 e. The summed E-state index contributed by atoms with van der Waals surface area (Å²) in [5.41, 5.74) is -1.25. The monoisotopic (exact) mass is 348 g/mol. The standard InChI is InChI=1S/C17H20N2O6/c1-11-15(21)19(12-4-2-3-5-13(12)25-11)10-14(20)18-8-6-17(24,7-9-18)16(22)23/h2-5,11,24H,6-10H2,1H3,(H,22,23). The molecule has 2 aliphatic heterocycles. The Bertz CT molecular complexity index is 711. The van der Waals surface area contributed by atoms with Gasteiger partial charge in [0, 0.05) is 25.9 Å². The summed E-state index contributed by atoms with van der Waals surface area (Å²) in [5, 5.41) is 19.0. The molecule has 0 saturated carbocycles. The topological polar surface area (TPSA) is 107 Å². The van der Waals surface area contributed by atoms with E-state index in [0.717, 1.165) is 0 Å². The van der Waals surface area contributed by atoms with Crippen molar-refractivity contribution in [2.45, 2.75) is 31.5 Å². The van der Waals surface area contributed by atoms with E-state index in [4.69, 9.17) is 9.84 Å². The molecule has 1 aromatic rings. The third kappa shape index (κ3) is 3.17. The van der Waals surface area contributed by atoms with Crippen molar-refractivity contribution in [2.75, 3.05) is 24.5 Å². The third-order valence-corrected chi connectivity index (χ3v) is 4.71. The fraction of sp³-hybridized carbons (Fsp3) is 0.471. The van der Waals surface area contributed by atoms with E-state index < -0.39 is 17.7 Å². The summed E-state index contributed by atoms with van der Waals surface area (Å²) < 4.78 is 5.54. The Morgan fingerprint density at radius 3 is 2.56 bits per heavy atom. The molecule has 2 aliphatic rings. The number of nitrogens with zero attached hydrogens (tertiary/aromatic N) is 2. The van der Waals surface area contributed by atoms with Crippen LogP contribution >= 0.6 is 0 Å². The molecule has 2 heterocycles. The summed E-state index contributed by atoms with van der Waals surface area (Å²) in [6.45, 7) is 1.76. The number of carbonyl (C=O) groups is 3. The van der Waals surface area contributed by atoms with Gasteiger partial charge in [0.25, 0.3) is 5.91 Å². The number of anilines is 1. The van der Waals surface area contributed by atoms with Gasteiger partial charge < -0.3 is 19.8 Å². The van der Waals surface area contributed by atoms with Crippen LogP contribution in [0.15, 0.2) is 24.3 Å². The van der Waals surface area contributed by atoms with Gasteiger partial charge in [0.2, 0.25) is 5.91 Å². The van der Waals surface area contributed by atoms with Crippen LogP contribution < -0.4 is 9.64 Å². The van der Waals surface area contributed by atoms with Gasteiger partial charge in [0.05, 0.1) is 5.69 Å². The Hall–Kier alpha value is -2.61. The maximum Gasteiger partial charge on any atom is 0.335 e. The molecule has 0 aromatic heterocycles. The van der Waals surface area contributed by atoms with Gasteiger partial charge in [-0.15, -0.1) is 0 Å². The molecule has 0 spiro atoms. The van der Waals surface area contributed by atoms with E-state index in [1.54, 1.807) is 31.2 Å². The van der Waals surface area contributed by atoms with Gasteiger partial charge in [-0.2, -0.15) is 0 Å². The summed E-state index contributed by atoms with van der Waals surface area (Å²) >= 11 is 0. The van der Waals surface area contributed by atoms with Crippen LogP contribution in [0.3, 0.4) is 0 Å². The molecule has 0 aliphatic carbocycles. The van der Waals surface area contributed by atoms with E-state index >= 15 is 0 Å². The number of para-hydroxylation sites is 2. The molecule has 25 heavy (non-hydrogen) atoms. The predicted molar refractivity (Wildman–Crippen MR) is 87.3 cm³/mol. The Balaban J connectivity index is 1.71. The zero-order valence-electron chi connectivity index (χ0n) is 13.8. The lowest BCUT2D eigenvalue weighted by molar-refractivity contribution is -0.165. The molecule has 1 atom stereocenters. The van der Waals surface area contributed by atoms with Crippen LogP contribution in [0.4, 0.5) is 5.69 Å². The molecule has 1 aromatic carbocycles. The second kappa shape index (κ2) is 6.36. The minimum atomic E-state index is -1.79. The van der Waals surface area contributed by atoms with Crippen molar-refractivity contribution in [3.05, 3.63) is 24.3 Å². The van der Waals surface area contributed by atoms with Crippen LogP contribution in [0.1, 0.15) is 19.8 Å². The minimum Gasteiger partial charge on any atom is -0.479 e. The van der Waals surface area contributed by atoms with Crippen molar-refractivity contribution in [3.63, 3.8) is 0 Å². The van der Waals surface area contributed by atoms with Gasteiger partial charge in [-0.25, -0.2) is 4.79 Å². The lowest BCUT2D eigenvalue weighted by Gasteiger charge is -2.37. The summed E-state index contributed by atoms with van der Waals surface area (Å²) in [6.07, 6.45) is -0.739. The molecule has 2 amide bonds. The first kappa shape index (κ1) is 17.2. The van der Waals surface area contributed by atoms with Gasteiger partial charge in [-0.1, -0.05) is 12.1 Å². The molecule has 8 nitrogen and oxygen atoms in total. The number of hydrogen-bond donors (Lipinski definition) is 2. The Labute approximate surface area is 144 Å². The zero-order chi connectivity index (χ0) is 18.2. The van der Waals surface area contributed by atoms with Crippen LogP contribution in [0.2, 0.25) is 0 Å². The fourth-order valence-corrected chi connectivity index (χ4v) is 3.10. The zero-order valence-corrected chi connectivity index (χ0v) is 13.8. The van der Waals surface area contributed by atoms with E-state index in [0.29, 0.717) is 11.4 Å². The summed E-state index contributed by atoms with van der Waals surface area (Å²) in [4.78, 5) is 38.9. The number of aliphatic hydroxyl groups is 1. The first-order chi connectivity index (χ1) is 11.8. The average Bonchev–Trinajstić information content (AvgIpc) is 2.59. The van der Waals surface area contributed by atoms with Crippen molar-refractivity contribution >= 4 is 23.5 Å². The molecule has 1 fully saturated rings. The van der Waals surface area contributed by atoms with Crippen molar-refractivity contribution in [1.82, 2.24) is 4.90 Å².